The molecule has 0 unspecified atom stereocenters. The summed E-state index contributed by atoms with van der Waals surface area (Å²) < 4.78 is 11.7. The molecule has 0 aliphatic rings. The van der Waals surface area contributed by atoms with Crippen molar-refractivity contribution in [2.75, 3.05) is 6.61 Å². The summed E-state index contributed by atoms with van der Waals surface area (Å²) in [7, 11) is 0. The lowest BCUT2D eigenvalue weighted by atomic mass is 10.1. The molecule has 4 aromatic rings. The monoisotopic (exact) mass is 508 g/mol. The molecule has 0 radical (unpaired) electrons. The Bertz CT molecular complexity index is 1270. The van der Waals surface area contributed by atoms with Crippen molar-refractivity contribution in [2.24, 2.45) is 5.10 Å². The van der Waals surface area contributed by atoms with Crippen LogP contribution in [0.3, 0.4) is 0 Å². The lowest BCUT2D eigenvalue weighted by molar-refractivity contribution is -0.123. The summed E-state index contributed by atoms with van der Waals surface area (Å²) in [6.45, 7) is -0.175. The normalized spacial score (nSPS) is 10.9. The van der Waals surface area contributed by atoms with Gasteiger partial charge in [0.25, 0.3) is 5.91 Å². The van der Waals surface area contributed by atoms with Crippen LogP contribution in [0.1, 0.15) is 15.2 Å². The maximum atomic E-state index is 12.0. The van der Waals surface area contributed by atoms with Crippen molar-refractivity contribution in [3.63, 3.8) is 0 Å². The first-order valence-electron chi connectivity index (χ1n) is 9.58. The van der Waals surface area contributed by atoms with Gasteiger partial charge in [-0.05, 0) is 74.0 Å². The van der Waals surface area contributed by atoms with Crippen LogP contribution in [0.2, 0.25) is 0 Å². The molecule has 0 saturated carbocycles. The van der Waals surface area contributed by atoms with E-state index in [1.165, 1.54) is 17.6 Å². The molecule has 32 heavy (non-hydrogen) atoms. The Hall–Kier alpha value is -3.49. The number of hydrazone groups is 1. The van der Waals surface area contributed by atoms with Crippen molar-refractivity contribution in [1.82, 2.24) is 5.43 Å². The highest BCUT2D eigenvalue weighted by molar-refractivity contribution is 9.10. The number of nitrogens with zero attached hydrogens (tertiary/aromatic N) is 1. The van der Waals surface area contributed by atoms with E-state index in [0.717, 1.165) is 20.8 Å². The number of fused-ring (bicyclic) bond motifs is 1. The summed E-state index contributed by atoms with van der Waals surface area (Å²) in [6, 6.07) is 21.9. The highest BCUT2D eigenvalue weighted by atomic mass is 79.9. The summed E-state index contributed by atoms with van der Waals surface area (Å²) in [5.41, 5.74) is 3.17. The van der Waals surface area contributed by atoms with E-state index in [0.29, 0.717) is 16.4 Å². The SMILES string of the molecule is O=C(COc1ccc2ccccc2c1Br)NN=Cc1ccc(OC(=O)c2cccs2)cc1. The zero-order chi connectivity index (χ0) is 22.3. The smallest absolute Gasteiger partial charge is 0.353 e. The molecule has 0 bridgehead atoms. The molecule has 0 fully saturated rings. The van der Waals surface area contributed by atoms with Crippen LogP contribution >= 0.6 is 27.3 Å². The number of hydrogen-bond donors (Lipinski definition) is 1. The Morgan fingerprint density at radius 2 is 1.81 bits per heavy atom. The average Bonchev–Trinajstić information content (AvgIpc) is 3.35. The van der Waals surface area contributed by atoms with Crippen LogP contribution in [0.5, 0.6) is 11.5 Å². The average molecular weight is 509 g/mol. The van der Waals surface area contributed by atoms with Crippen LogP contribution in [-0.4, -0.2) is 24.7 Å². The third kappa shape index (κ3) is 5.40. The van der Waals surface area contributed by atoms with Crippen molar-refractivity contribution in [2.45, 2.75) is 0 Å². The van der Waals surface area contributed by atoms with Crippen molar-refractivity contribution in [3.8, 4) is 11.5 Å². The van der Waals surface area contributed by atoms with Gasteiger partial charge in [-0.15, -0.1) is 11.3 Å². The molecule has 1 amide bonds. The molecule has 0 atom stereocenters. The summed E-state index contributed by atoms with van der Waals surface area (Å²) >= 11 is 4.85. The van der Waals surface area contributed by atoms with Gasteiger partial charge in [-0.25, -0.2) is 10.2 Å². The molecule has 3 aromatic carbocycles. The fourth-order valence-electron chi connectivity index (χ4n) is 2.85. The van der Waals surface area contributed by atoms with Gasteiger partial charge in [-0.2, -0.15) is 5.10 Å². The molecule has 4 rings (SSSR count). The minimum atomic E-state index is -0.397. The molecule has 0 aliphatic heterocycles. The standard InChI is InChI=1S/C24H17BrN2O4S/c25-23-19-5-2-1-4-17(19)9-12-20(23)30-15-22(28)27-26-14-16-7-10-18(11-8-16)31-24(29)21-6-3-13-32-21/h1-14H,15H2,(H,27,28). The molecule has 6 nitrogen and oxygen atoms in total. The molecular weight excluding hydrogens is 492 g/mol. The van der Waals surface area contributed by atoms with E-state index in [2.05, 4.69) is 26.5 Å². The second-order valence-corrected chi connectivity index (χ2v) is 8.36. The number of carbonyl (C=O) groups excluding carboxylic acids is 2. The molecule has 8 heteroatoms. The first-order chi connectivity index (χ1) is 15.6. The Labute approximate surface area is 196 Å². The predicted octanol–water partition coefficient (Wildman–Crippen LogP) is 5.41. The van der Waals surface area contributed by atoms with E-state index < -0.39 is 5.97 Å². The van der Waals surface area contributed by atoms with Crippen LogP contribution in [0, 0.1) is 0 Å². The van der Waals surface area contributed by atoms with E-state index in [4.69, 9.17) is 9.47 Å². The quantitative estimate of drug-likeness (QED) is 0.156. The fraction of sp³-hybridized carbons (Fsp3) is 0.0417. The molecule has 1 heterocycles. The number of esters is 1. The van der Waals surface area contributed by atoms with Crippen molar-refractivity contribution in [3.05, 3.63) is 93.1 Å². The zero-order valence-corrected chi connectivity index (χ0v) is 19.1. The lowest BCUT2D eigenvalue weighted by Gasteiger charge is -2.09. The van der Waals surface area contributed by atoms with E-state index in [1.807, 2.05) is 41.8 Å². The fourth-order valence-corrected chi connectivity index (χ4v) is 4.06. The van der Waals surface area contributed by atoms with Crippen LogP contribution in [-0.2, 0) is 4.79 Å². The number of amides is 1. The maximum absolute atomic E-state index is 12.0. The van der Waals surface area contributed by atoms with E-state index in [1.54, 1.807) is 36.4 Å². The van der Waals surface area contributed by atoms with Gasteiger partial charge in [0.05, 0.1) is 10.7 Å². The minimum absolute atomic E-state index is 0.175. The lowest BCUT2D eigenvalue weighted by Crippen LogP contribution is -2.24. The summed E-state index contributed by atoms with van der Waals surface area (Å²) in [5, 5.41) is 7.83. The number of carbonyl (C=O) groups is 2. The van der Waals surface area contributed by atoms with Gasteiger partial charge in [-0.1, -0.05) is 36.4 Å². The van der Waals surface area contributed by atoms with Crippen molar-refractivity contribution >= 4 is 56.1 Å². The number of nitrogens with one attached hydrogen (secondary N) is 1. The number of halogens is 1. The summed E-state index contributed by atoms with van der Waals surface area (Å²) in [4.78, 5) is 24.5. The maximum Gasteiger partial charge on any atom is 0.353 e. The van der Waals surface area contributed by atoms with Gasteiger partial charge >= 0.3 is 5.97 Å². The van der Waals surface area contributed by atoms with Crippen LogP contribution in [0.4, 0.5) is 0 Å². The Kier molecular flexibility index (Phi) is 6.94. The third-order valence-electron chi connectivity index (χ3n) is 4.40. The third-order valence-corrected chi connectivity index (χ3v) is 6.07. The van der Waals surface area contributed by atoms with Gasteiger partial charge in [-0.3, -0.25) is 4.79 Å². The molecule has 1 N–H and O–H groups in total. The minimum Gasteiger partial charge on any atom is -0.483 e. The molecular formula is C24H17BrN2O4S. The summed E-state index contributed by atoms with van der Waals surface area (Å²) in [5.74, 6) is 0.226. The number of thiophene rings is 1. The van der Waals surface area contributed by atoms with Crippen LogP contribution in [0.15, 0.2) is 87.8 Å². The van der Waals surface area contributed by atoms with Crippen LogP contribution < -0.4 is 14.9 Å². The number of benzene rings is 3. The van der Waals surface area contributed by atoms with Gasteiger partial charge < -0.3 is 9.47 Å². The molecule has 160 valence electrons. The van der Waals surface area contributed by atoms with Crippen molar-refractivity contribution < 1.29 is 19.1 Å². The molecule has 0 spiro atoms. The first-order valence-corrected chi connectivity index (χ1v) is 11.2. The second-order valence-electron chi connectivity index (χ2n) is 6.62. The largest absolute Gasteiger partial charge is 0.483 e. The van der Waals surface area contributed by atoms with E-state index in [-0.39, 0.29) is 12.5 Å². The number of hydrogen-bond acceptors (Lipinski definition) is 6. The zero-order valence-electron chi connectivity index (χ0n) is 16.7. The Morgan fingerprint density at radius 3 is 2.59 bits per heavy atom. The molecule has 1 aromatic heterocycles. The first kappa shape index (κ1) is 21.7. The van der Waals surface area contributed by atoms with Gasteiger partial charge in [0, 0.05) is 0 Å². The Balaban J connectivity index is 1.27. The summed E-state index contributed by atoms with van der Waals surface area (Å²) in [6.07, 6.45) is 1.49. The van der Waals surface area contributed by atoms with E-state index in [9.17, 15) is 9.59 Å². The second kappa shape index (κ2) is 10.2. The van der Waals surface area contributed by atoms with Gasteiger partial charge in [0.2, 0.25) is 0 Å². The number of ether oxygens (including phenoxy) is 2. The van der Waals surface area contributed by atoms with Gasteiger partial charge in [0.15, 0.2) is 6.61 Å². The topological polar surface area (TPSA) is 77.0 Å². The molecule has 0 aliphatic carbocycles. The Morgan fingerprint density at radius 1 is 1.00 bits per heavy atom. The van der Waals surface area contributed by atoms with Crippen LogP contribution in [0.25, 0.3) is 10.8 Å². The van der Waals surface area contributed by atoms with Gasteiger partial charge in [0.1, 0.15) is 16.4 Å². The molecule has 0 saturated heterocycles. The van der Waals surface area contributed by atoms with E-state index >= 15 is 0 Å². The predicted molar refractivity (Wildman–Crippen MR) is 129 cm³/mol. The highest BCUT2D eigenvalue weighted by Crippen LogP contribution is 2.32. The van der Waals surface area contributed by atoms with Crippen molar-refractivity contribution in [1.29, 1.82) is 0 Å². The number of rotatable bonds is 7. The highest BCUT2D eigenvalue weighted by Gasteiger charge is 2.10.